The zero-order valence-electron chi connectivity index (χ0n) is 22.4. The number of carbonyl (C=O) groups excluding carboxylic acids is 1. The predicted molar refractivity (Wildman–Crippen MR) is 151 cm³/mol. The number of allylic oxidation sites excluding steroid dienone is 1. The van der Waals surface area contributed by atoms with Crippen molar-refractivity contribution in [2.45, 2.75) is 13.5 Å². The summed E-state index contributed by atoms with van der Waals surface area (Å²) in [5, 5.41) is 11.6. The fourth-order valence-corrected chi connectivity index (χ4v) is 5.31. The number of nitrogens with zero attached hydrogens (tertiary/aromatic N) is 2. The Morgan fingerprint density at radius 1 is 1.00 bits per heavy atom. The number of halogens is 1. The predicted octanol–water partition coefficient (Wildman–Crippen LogP) is 5.32. The summed E-state index contributed by atoms with van der Waals surface area (Å²) in [6.07, 6.45) is 1.65. The number of ketones is 1. The summed E-state index contributed by atoms with van der Waals surface area (Å²) in [5.41, 5.74) is 3.49. The molecule has 1 N–H and O–H groups in total. The molecule has 1 fully saturated rings. The van der Waals surface area contributed by atoms with E-state index in [0.717, 1.165) is 31.9 Å². The Morgan fingerprint density at radius 2 is 1.69 bits per heavy atom. The van der Waals surface area contributed by atoms with Crippen LogP contribution in [0, 0.1) is 6.92 Å². The molecule has 3 aromatic rings. The van der Waals surface area contributed by atoms with E-state index in [2.05, 4.69) is 15.9 Å². The Morgan fingerprint density at radius 3 is 2.31 bits per heavy atom. The molecule has 0 amide bonds. The molecule has 204 valence electrons. The van der Waals surface area contributed by atoms with Crippen molar-refractivity contribution in [1.82, 2.24) is 4.90 Å². The summed E-state index contributed by atoms with van der Waals surface area (Å²) in [7, 11) is 4.61. The number of phenols is 1. The molecule has 9 heteroatoms. The van der Waals surface area contributed by atoms with Crippen molar-refractivity contribution in [1.29, 1.82) is 0 Å². The molecule has 5 rings (SSSR count). The first-order valence-corrected chi connectivity index (χ1v) is 13.0. The molecule has 39 heavy (non-hydrogen) atoms. The van der Waals surface area contributed by atoms with E-state index >= 15 is 0 Å². The molecule has 0 saturated carbocycles. The number of aromatic hydroxyl groups is 1. The monoisotopic (exact) mass is 550 g/mol. The number of methoxy groups -OCH3 is 3. The summed E-state index contributed by atoms with van der Waals surface area (Å²) in [4.78, 5) is 18.0. The molecular formula is C30H31ClN2O6. The van der Waals surface area contributed by atoms with E-state index in [0.29, 0.717) is 56.8 Å². The lowest BCUT2D eigenvalue weighted by Gasteiger charge is -2.36. The number of piperazine rings is 1. The molecule has 0 atom stereocenters. The van der Waals surface area contributed by atoms with E-state index in [1.165, 1.54) is 21.3 Å². The van der Waals surface area contributed by atoms with Gasteiger partial charge in [-0.15, -0.1) is 0 Å². The van der Waals surface area contributed by atoms with Crippen molar-refractivity contribution in [3.05, 3.63) is 75.5 Å². The van der Waals surface area contributed by atoms with Crippen molar-refractivity contribution in [2.75, 3.05) is 52.4 Å². The summed E-state index contributed by atoms with van der Waals surface area (Å²) in [6.45, 7) is 5.48. The van der Waals surface area contributed by atoms with Crippen LogP contribution in [-0.4, -0.2) is 63.3 Å². The summed E-state index contributed by atoms with van der Waals surface area (Å²) >= 11 is 6.17. The van der Waals surface area contributed by atoms with Crippen LogP contribution in [0.2, 0.25) is 5.02 Å². The van der Waals surface area contributed by atoms with Crippen LogP contribution < -0.4 is 23.8 Å². The second kappa shape index (κ2) is 11.1. The smallest absolute Gasteiger partial charge is 0.232 e. The molecule has 0 aromatic heterocycles. The third-order valence-corrected chi connectivity index (χ3v) is 7.37. The Kier molecular flexibility index (Phi) is 7.59. The largest absolute Gasteiger partial charge is 0.507 e. The Balaban J connectivity index is 1.39. The number of hydrogen-bond donors (Lipinski definition) is 1. The summed E-state index contributed by atoms with van der Waals surface area (Å²) in [5.74, 6) is 1.86. The lowest BCUT2D eigenvalue weighted by molar-refractivity contribution is 0.101. The van der Waals surface area contributed by atoms with Crippen molar-refractivity contribution in [2.24, 2.45) is 0 Å². The van der Waals surface area contributed by atoms with Gasteiger partial charge in [-0.25, -0.2) is 0 Å². The molecule has 2 aliphatic heterocycles. The van der Waals surface area contributed by atoms with Gasteiger partial charge in [0.15, 0.2) is 17.3 Å². The Hall–Kier alpha value is -3.88. The maximum absolute atomic E-state index is 13.4. The van der Waals surface area contributed by atoms with Crippen LogP contribution in [0.3, 0.4) is 0 Å². The number of benzene rings is 3. The molecule has 8 nitrogen and oxygen atoms in total. The molecule has 3 aromatic carbocycles. The topological polar surface area (TPSA) is 80.7 Å². The zero-order valence-corrected chi connectivity index (χ0v) is 23.2. The highest BCUT2D eigenvalue weighted by atomic mass is 35.5. The summed E-state index contributed by atoms with van der Waals surface area (Å²) < 4.78 is 22.4. The number of fused-ring (bicyclic) bond motifs is 1. The van der Waals surface area contributed by atoms with Gasteiger partial charge in [0.05, 0.1) is 32.5 Å². The summed E-state index contributed by atoms with van der Waals surface area (Å²) in [6, 6.07) is 13.0. The number of ether oxygens (including phenoxy) is 4. The van der Waals surface area contributed by atoms with Gasteiger partial charge in [-0.1, -0.05) is 17.7 Å². The SMILES string of the molecule is COc1cc(/C=C2\Oc3c(CN4CCN(c5cccc(Cl)c5)CC4)c(O)cc(C)c3C2=O)cc(OC)c1OC. The number of hydrogen-bond acceptors (Lipinski definition) is 8. The second-order valence-electron chi connectivity index (χ2n) is 9.54. The fraction of sp³-hybridized carbons (Fsp3) is 0.300. The van der Waals surface area contributed by atoms with Gasteiger partial charge < -0.3 is 29.0 Å². The van der Waals surface area contributed by atoms with Crippen molar-refractivity contribution in [3.8, 4) is 28.7 Å². The molecule has 2 aliphatic rings. The maximum Gasteiger partial charge on any atom is 0.232 e. The zero-order chi connectivity index (χ0) is 27.7. The molecule has 0 aliphatic carbocycles. The van der Waals surface area contributed by atoms with Gasteiger partial charge in [-0.3, -0.25) is 9.69 Å². The highest BCUT2D eigenvalue weighted by Crippen LogP contribution is 2.44. The Bertz CT molecular complexity index is 1420. The van der Waals surface area contributed by atoms with Crippen LogP contribution in [0.25, 0.3) is 6.08 Å². The number of phenolic OH excluding ortho intramolecular Hbond substituents is 1. The van der Waals surface area contributed by atoms with E-state index in [-0.39, 0.29) is 17.3 Å². The highest BCUT2D eigenvalue weighted by Gasteiger charge is 2.34. The van der Waals surface area contributed by atoms with E-state index in [1.54, 1.807) is 31.2 Å². The standard InChI is InChI=1S/C30H31ClN2O6/c1-18-12-23(34)22(17-32-8-10-33(11-9-32)21-7-5-6-20(31)16-21)29-27(18)28(35)24(39-29)13-19-14-25(36-2)30(38-4)26(15-19)37-3/h5-7,12-16,34H,8-11,17H2,1-4H3/b24-13-. The van der Waals surface area contributed by atoms with Gasteiger partial charge in [0.1, 0.15) is 11.5 Å². The van der Waals surface area contributed by atoms with Crippen molar-refractivity contribution >= 4 is 29.1 Å². The van der Waals surface area contributed by atoms with Crippen molar-refractivity contribution < 1.29 is 28.8 Å². The number of carbonyl (C=O) groups is 1. The second-order valence-corrected chi connectivity index (χ2v) is 9.97. The molecular weight excluding hydrogens is 520 g/mol. The molecule has 0 spiro atoms. The van der Waals surface area contributed by atoms with Crippen molar-refractivity contribution in [3.63, 3.8) is 0 Å². The molecule has 0 bridgehead atoms. The van der Waals surface area contributed by atoms with Gasteiger partial charge in [0, 0.05) is 43.4 Å². The van der Waals surface area contributed by atoms with E-state index in [9.17, 15) is 9.90 Å². The number of rotatable bonds is 7. The van der Waals surface area contributed by atoms with Crippen LogP contribution >= 0.6 is 11.6 Å². The van der Waals surface area contributed by atoms with Gasteiger partial charge in [0.25, 0.3) is 0 Å². The molecule has 1 saturated heterocycles. The van der Waals surface area contributed by atoms with Crippen LogP contribution in [0.1, 0.15) is 27.0 Å². The van der Waals surface area contributed by atoms with E-state index < -0.39 is 0 Å². The third-order valence-electron chi connectivity index (χ3n) is 7.13. The lowest BCUT2D eigenvalue weighted by Crippen LogP contribution is -2.46. The average Bonchev–Trinajstić information content (AvgIpc) is 3.26. The number of anilines is 1. The van der Waals surface area contributed by atoms with Gasteiger partial charge in [-0.05, 0) is 60.5 Å². The van der Waals surface area contributed by atoms with Gasteiger partial charge in [0.2, 0.25) is 11.5 Å². The van der Waals surface area contributed by atoms with Crippen LogP contribution in [0.5, 0.6) is 28.7 Å². The van der Waals surface area contributed by atoms with Gasteiger partial charge >= 0.3 is 0 Å². The first-order valence-electron chi connectivity index (χ1n) is 12.7. The Labute approximate surface area is 232 Å². The molecule has 0 radical (unpaired) electrons. The van der Waals surface area contributed by atoms with Gasteiger partial charge in [-0.2, -0.15) is 0 Å². The molecule has 0 unspecified atom stereocenters. The van der Waals surface area contributed by atoms with Crippen LogP contribution in [-0.2, 0) is 6.54 Å². The third kappa shape index (κ3) is 5.22. The highest BCUT2D eigenvalue weighted by molar-refractivity contribution is 6.30. The number of Topliss-reactive ketones (excluding diaryl/α,β-unsaturated/α-hetero) is 1. The average molecular weight is 551 g/mol. The van der Waals surface area contributed by atoms with Crippen LogP contribution in [0.15, 0.2) is 48.2 Å². The lowest BCUT2D eigenvalue weighted by atomic mass is 9.99. The minimum atomic E-state index is -0.233. The number of aryl methyl sites for hydroxylation is 1. The van der Waals surface area contributed by atoms with E-state index in [1.807, 2.05) is 18.2 Å². The minimum absolute atomic E-state index is 0.116. The quantitative estimate of drug-likeness (QED) is 0.396. The van der Waals surface area contributed by atoms with E-state index in [4.69, 9.17) is 30.5 Å². The normalized spacial score (nSPS) is 16.3. The van der Waals surface area contributed by atoms with Crippen LogP contribution in [0.4, 0.5) is 5.69 Å². The first-order chi connectivity index (χ1) is 18.8. The first kappa shape index (κ1) is 26.7. The minimum Gasteiger partial charge on any atom is -0.507 e. The molecule has 2 heterocycles. The fourth-order valence-electron chi connectivity index (χ4n) is 5.13. The maximum atomic E-state index is 13.4.